The Morgan fingerprint density at radius 2 is 1.93 bits per heavy atom. The van der Waals surface area contributed by atoms with Crippen LogP contribution in [0.4, 0.5) is 0 Å². The van der Waals surface area contributed by atoms with Gasteiger partial charge in [-0.15, -0.1) is 0 Å². The summed E-state index contributed by atoms with van der Waals surface area (Å²) in [5, 5.41) is 4.39. The lowest BCUT2D eigenvalue weighted by Crippen LogP contribution is -2.31. The van der Waals surface area contributed by atoms with Crippen molar-refractivity contribution in [1.82, 2.24) is 5.32 Å². The number of hydrogen-bond donors (Lipinski definition) is 1. The van der Waals surface area contributed by atoms with Crippen molar-refractivity contribution in [3.8, 4) is 0 Å². The van der Waals surface area contributed by atoms with E-state index in [4.69, 9.17) is 0 Å². The molecule has 2 atom stereocenters. The van der Waals surface area contributed by atoms with E-state index >= 15 is 0 Å². The average molecular weight is 229 g/mol. The topological polar surface area (TPSA) is 12.0 Å². The molecule has 1 aliphatic carbocycles. The molecule has 0 amide bonds. The molecule has 0 bridgehead atoms. The molecular formula is C13H27NS. The lowest BCUT2D eigenvalue weighted by Gasteiger charge is -2.18. The standard InChI is InChI=1S/C13H27NS/c1-11(14-10-12(2)15-3)8-9-13-6-4-5-7-13/h11-14H,4-10H2,1-3H3. The highest BCUT2D eigenvalue weighted by Crippen LogP contribution is 2.28. The predicted molar refractivity (Wildman–Crippen MR) is 71.6 cm³/mol. The quantitative estimate of drug-likeness (QED) is 0.714. The average Bonchev–Trinajstić information content (AvgIpc) is 2.75. The zero-order chi connectivity index (χ0) is 11.1. The van der Waals surface area contributed by atoms with E-state index in [-0.39, 0.29) is 0 Å². The molecule has 2 heteroatoms. The molecule has 1 N–H and O–H groups in total. The first-order valence-corrected chi connectivity index (χ1v) is 7.77. The Hall–Kier alpha value is 0.310. The summed E-state index contributed by atoms with van der Waals surface area (Å²) in [5.41, 5.74) is 0. The van der Waals surface area contributed by atoms with Gasteiger partial charge < -0.3 is 5.32 Å². The van der Waals surface area contributed by atoms with Crippen LogP contribution in [-0.2, 0) is 0 Å². The van der Waals surface area contributed by atoms with Gasteiger partial charge in [0.2, 0.25) is 0 Å². The van der Waals surface area contributed by atoms with Gasteiger partial charge >= 0.3 is 0 Å². The van der Waals surface area contributed by atoms with Crippen molar-refractivity contribution in [2.75, 3.05) is 12.8 Å². The van der Waals surface area contributed by atoms with Gasteiger partial charge in [-0.3, -0.25) is 0 Å². The van der Waals surface area contributed by atoms with E-state index in [1.165, 1.54) is 38.5 Å². The minimum Gasteiger partial charge on any atom is -0.313 e. The molecule has 1 rings (SSSR count). The van der Waals surface area contributed by atoms with Crippen LogP contribution in [-0.4, -0.2) is 24.1 Å². The highest BCUT2D eigenvalue weighted by molar-refractivity contribution is 7.99. The third-order valence-electron chi connectivity index (χ3n) is 3.64. The normalized spacial score (nSPS) is 21.8. The highest BCUT2D eigenvalue weighted by atomic mass is 32.2. The van der Waals surface area contributed by atoms with Gasteiger partial charge in [-0.2, -0.15) is 11.8 Å². The molecule has 0 aromatic carbocycles. The Morgan fingerprint density at radius 1 is 1.27 bits per heavy atom. The molecule has 1 nitrogen and oxygen atoms in total. The van der Waals surface area contributed by atoms with E-state index in [2.05, 4.69) is 25.4 Å². The largest absolute Gasteiger partial charge is 0.313 e. The highest BCUT2D eigenvalue weighted by Gasteiger charge is 2.15. The van der Waals surface area contributed by atoms with E-state index in [0.717, 1.165) is 17.7 Å². The number of hydrogen-bond acceptors (Lipinski definition) is 2. The van der Waals surface area contributed by atoms with E-state index in [9.17, 15) is 0 Å². The molecule has 1 saturated carbocycles. The minimum atomic E-state index is 0.709. The Bertz CT molecular complexity index is 155. The van der Waals surface area contributed by atoms with Gasteiger partial charge in [0.15, 0.2) is 0 Å². The van der Waals surface area contributed by atoms with Crippen molar-refractivity contribution in [2.24, 2.45) is 5.92 Å². The molecule has 1 aliphatic rings. The van der Waals surface area contributed by atoms with Crippen LogP contribution < -0.4 is 5.32 Å². The van der Waals surface area contributed by atoms with E-state index < -0.39 is 0 Å². The van der Waals surface area contributed by atoms with Gasteiger partial charge in [-0.1, -0.05) is 32.6 Å². The van der Waals surface area contributed by atoms with Crippen molar-refractivity contribution in [1.29, 1.82) is 0 Å². The Balaban J connectivity index is 1.99. The molecule has 90 valence electrons. The predicted octanol–water partition coefficient (Wildman–Crippen LogP) is 3.69. The molecule has 0 radical (unpaired) electrons. The van der Waals surface area contributed by atoms with Crippen LogP contribution in [0.5, 0.6) is 0 Å². The number of rotatable bonds is 7. The second-order valence-electron chi connectivity index (χ2n) is 5.08. The monoisotopic (exact) mass is 229 g/mol. The van der Waals surface area contributed by atoms with Crippen molar-refractivity contribution < 1.29 is 0 Å². The fourth-order valence-electron chi connectivity index (χ4n) is 2.34. The Labute approximate surface area is 99.8 Å². The zero-order valence-corrected chi connectivity index (χ0v) is 11.4. The third-order valence-corrected chi connectivity index (χ3v) is 4.61. The molecule has 2 unspecified atom stereocenters. The van der Waals surface area contributed by atoms with Crippen molar-refractivity contribution >= 4 is 11.8 Å². The second kappa shape index (κ2) is 7.56. The molecule has 0 aromatic rings. The lowest BCUT2D eigenvalue weighted by molar-refractivity contribution is 0.421. The van der Waals surface area contributed by atoms with Crippen LogP contribution in [0, 0.1) is 5.92 Å². The van der Waals surface area contributed by atoms with Crippen molar-refractivity contribution in [3.63, 3.8) is 0 Å². The smallest absolute Gasteiger partial charge is 0.0141 e. The van der Waals surface area contributed by atoms with E-state index in [1.807, 2.05) is 11.8 Å². The maximum atomic E-state index is 3.64. The first-order valence-electron chi connectivity index (χ1n) is 6.48. The van der Waals surface area contributed by atoms with Gasteiger partial charge in [0.05, 0.1) is 0 Å². The molecule has 15 heavy (non-hydrogen) atoms. The summed E-state index contributed by atoms with van der Waals surface area (Å²) >= 11 is 1.95. The van der Waals surface area contributed by atoms with Gasteiger partial charge in [-0.25, -0.2) is 0 Å². The van der Waals surface area contributed by atoms with Crippen LogP contribution in [0.1, 0.15) is 52.4 Å². The fraction of sp³-hybridized carbons (Fsp3) is 1.00. The SMILES string of the molecule is CSC(C)CNC(C)CCC1CCCC1. The summed E-state index contributed by atoms with van der Waals surface area (Å²) in [6.07, 6.45) is 11.0. The van der Waals surface area contributed by atoms with Gasteiger partial charge in [-0.05, 0) is 31.9 Å². The first kappa shape index (κ1) is 13.4. The Morgan fingerprint density at radius 3 is 2.53 bits per heavy atom. The Kier molecular flexibility index (Phi) is 6.74. The van der Waals surface area contributed by atoms with Crippen LogP contribution in [0.2, 0.25) is 0 Å². The maximum Gasteiger partial charge on any atom is 0.0141 e. The van der Waals surface area contributed by atoms with Crippen LogP contribution in [0.3, 0.4) is 0 Å². The number of nitrogens with one attached hydrogen (secondary N) is 1. The second-order valence-corrected chi connectivity index (χ2v) is 6.36. The van der Waals surface area contributed by atoms with Crippen LogP contribution in [0.15, 0.2) is 0 Å². The number of thioether (sulfide) groups is 1. The van der Waals surface area contributed by atoms with Crippen LogP contribution in [0.25, 0.3) is 0 Å². The summed E-state index contributed by atoms with van der Waals surface area (Å²) in [5.74, 6) is 1.05. The summed E-state index contributed by atoms with van der Waals surface area (Å²) < 4.78 is 0. The lowest BCUT2D eigenvalue weighted by atomic mass is 9.99. The molecule has 0 aromatic heterocycles. The molecule has 0 spiro atoms. The summed E-state index contributed by atoms with van der Waals surface area (Å²) in [6, 6.07) is 0.709. The third kappa shape index (κ3) is 5.82. The maximum absolute atomic E-state index is 3.64. The molecular weight excluding hydrogens is 202 g/mol. The van der Waals surface area contributed by atoms with E-state index in [1.54, 1.807) is 0 Å². The van der Waals surface area contributed by atoms with E-state index in [0.29, 0.717) is 6.04 Å². The summed E-state index contributed by atoms with van der Waals surface area (Å²) in [4.78, 5) is 0. The van der Waals surface area contributed by atoms with Gasteiger partial charge in [0.1, 0.15) is 0 Å². The zero-order valence-electron chi connectivity index (χ0n) is 10.6. The first-order chi connectivity index (χ1) is 7.22. The van der Waals surface area contributed by atoms with Crippen molar-refractivity contribution in [2.45, 2.75) is 63.7 Å². The molecule has 0 aliphatic heterocycles. The minimum absolute atomic E-state index is 0.709. The summed E-state index contributed by atoms with van der Waals surface area (Å²) in [7, 11) is 0. The fourth-order valence-corrected chi connectivity index (χ4v) is 2.60. The molecule has 1 fully saturated rings. The van der Waals surface area contributed by atoms with Crippen molar-refractivity contribution in [3.05, 3.63) is 0 Å². The molecule has 0 heterocycles. The van der Waals surface area contributed by atoms with Gasteiger partial charge in [0, 0.05) is 17.8 Å². The van der Waals surface area contributed by atoms with Gasteiger partial charge in [0.25, 0.3) is 0 Å². The molecule has 0 saturated heterocycles. The van der Waals surface area contributed by atoms with Crippen LogP contribution >= 0.6 is 11.8 Å². The summed E-state index contributed by atoms with van der Waals surface area (Å²) in [6.45, 7) is 5.79.